The van der Waals surface area contributed by atoms with Crippen LogP contribution in [-0.4, -0.2) is 32.0 Å². The molecule has 0 radical (unpaired) electrons. The number of aromatic nitrogens is 3. The van der Waals surface area contributed by atoms with Crippen molar-refractivity contribution in [3.63, 3.8) is 0 Å². The van der Waals surface area contributed by atoms with Gasteiger partial charge in [0.15, 0.2) is 0 Å². The quantitative estimate of drug-likeness (QED) is 0.831. The van der Waals surface area contributed by atoms with Crippen molar-refractivity contribution in [3.05, 3.63) is 46.7 Å². The summed E-state index contributed by atoms with van der Waals surface area (Å²) in [5.41, 5.74) is 0.917. The number of aliphatic carboxylic acids is 1. The van der Waals surface area contributed by atoms with Crippen molar-refractivity contribution < 1.29 is 14.7 Å². The number of nitrogens with zero attached hydrogens (tertiary/aromatic N) is 3. The van der Waals surface area contributed by atoms with E-state index >= 15 is 0 Å². The van der Waals surface area contributed by atoms with Crippen molar-refractivity contribution >= 4 is 23.5 Å². The van der Waals surface area contributed by atoms with Gasteiger partial charge in [0.2, 0.25) is 5.91 Å². The minimum Gasteiger partial charge on any atom is -0.480 e. The van der Waals surface area contributed by atoms with Gasteiger partial charge < -0.3 is 10.4 Å². The second kappa shape index (κ2) is 6.00. The SMILES string of the molecule is O=C(O)Cn1cc(CNC(=O)C2(c3cccc(Cl)c3)CC2)nn1. The Morgan fingerprint density at radius 2 is 2.17 bits per heavy atom. The summed E-state index contributed by atoms with van der Waals surface area (Å²) in [5.74, 6) is -1.07. The molecule has 120 valence electrons. The fourth-order valence-electron chi connectivity index (χ4n) is 2.53. The Morgan fingerprint density at radius 3 is 2.83 bits per heavy atom. The number of carboxylic acids is 1. The summed E-state index contributed by atoms with van der Waals surface area (Å²) in [7, 11) is 0. The Balaban J connectivity index is 1.63. The van der Waals surface area contributed by atoms with Crippen molar-refractivity contribution in [3.8, 4) is 0 Å². The van der Waals surface area contributed by atoms with Gasteiger partial charge in [0, 0.05) is 5.02 Å². The highest BCUT2D eigenvalue weighted by Gasteiger charge is 2.51. The molecule has 1 amide bonds. The highest BCUT2D eigenvalue weighted by molar-refractivity contribution is 6.30. The van der Waals surface area contributed by atoms with E-state index in [4.69, 9.17) is 16.7 Å². The van der Waals surface area contributed by atoms with Gasteiger partial charge >= 0.3 is 5.97 Å². The molecule has 1 aromatic heterocycles. The molecule has 7 nitrogen and oxygen atoms in total. The first-order chi connectivity index (χ1) is 11.0. The summed E-state index contributed by atoms with van der Waals surface area (Å²) in [6.07, 6.45) is 3.07. The first kappa shape index (κ1) is 15.5. The van der Waals surface area contributed by atoms with Gasteiger partial charge in [-0.25, -0.2) is 4.68 Å². The van der Waals surface area contributed by atoms with Crippen LogP contribution in [-0.2, 0) is 28.1 Å². The van der Waals surface area contributed by atoms with Gasteiger partial charge in [0.1, 0.15) is 12.2 Å². The first-order valence-corrected chi connectivity index (χ1v) is 7.52. The number of carbonyl (C=O) groups excluding carboxylic acids is 1. The molecule has 2 N–H and O–H groups in total. The number of benzene rings is 1. The molecule has 1 heterocycles. The smallest absolute Gasteiger partial charge is 0.325 e. The summed E-state index contributed by atoms with van der Waals surface area (Å²) >= 11 is 6.00. The molecule has 1 aromatic carbocycles. The van der Waals surface area contributed by atoms with Crippen LogP contribution in [0, 0.1) is 0 Å². The van der Waals surface area contributed by atoms with E-state index < -0.39 is 11.4 Å². The fourth-order valence-corrected chi connectivity index (χ4v) is 2.72. The lowest BCUT2D eigenvalue weighted by Crippen LogP contribution is -2.34. The molecule has 3 rings (SSSR count). The maximum Gasteiger partial charge on any atom is 0.325 e. The van der Waals surface area contributed by atoms with E-state index in [9.17, 15) is 9.59 Å². The Kier molecular flexibility index (Phi) is 4.04. The van der Waals surface area contributed by atoms with Crippen LogP contribution in [0.15, 0.2) is 30.5 Å². The molecule has 2 aromatic rings. The number of hydrogen-bond acceptors (Lipinski definition) is 4. The van der Waals surface area contributed by atoms with E-state index in [1.54, 1.807) is 6.07 Å². The summed E-state index contributed by atoms with van der Waals surface area (Å²) in [6.45, 7) is -0.0475. The third-order valence-electron chi connectivity index (χ3n) is 3.88. The molecular formula is C15H15ClN4O3. The van der Waals surface area contributed by atoms with E-state index in [-0.39, 0.29) is 19.0 Å². The highest BCUT2D eigenvalue weighted by atomic mass is 35.5. The average Bonchev–Trinajstić information content (AvgIpc) is 3.20. The van der Waals surface area contributed by atoms with Gasteiger partial charge in [-0.05, 0) is 30.5 Å². The molecule has 0 unspecified atom stereocenters. The number of halogens is 1. The second-order valence-electron chi connectivity index (χ2n) is 5.58. The van der Waals surface area contributed by atoms with E-state index in [1.165, 1.54) is 10.9 Å². The molecule has 8 heteroatoms. The zero-order valence-electron chi connectivity index (χ0n) is 12.2. The molecule has 1 aliphatic carbocycles. The number of amides is 1. The lowest BCUT2D eigenvalue weighted by atomic mass is 9.95. The molecule has 0 atom stereocenters. The Labute approximate surface area is 137 Å². The van der Waals surface area contributed by atoms with Gasteiger partial charge in [0.05, 0.1) is 18.2 Å². The average molecular weight is 335 g/mol. The number of carbonyl (C=O) groups is 2. The molecular weight excluding hydrogens is 320 g/mol. The first-order valence-electron chi connectivity index (χ1n) is 7.15. The van der Waals surface area contributed by atoms with Crippen LogP contribution < -0.4 is 5.32 Å². The minimum atomic E-state index is -0.997. The van der Waals surface area contributed by atoms with Crippen molar-refractivity contribution in [2.24, 2.45) is 0 Å². The lowest BCUT2D eigenvalue weighted by molar-refractivity contribution is -0.138. The molecule has 0 bridgehead atoms. The third kappa shape index (κ3) is 3.34. The van der Waals surface area contributed by atoms with Crippen LogP contribution in [0.25, 0.3) is 0 Å². The fraction of sp³-hybridized carbons (Fsp3) is 0.333. The normalized spacial score (nSPS) is 15.2. The lowest BCUT2D eigenvalue weighted by Gasteiger charge is -2.15. The van der Waals surface area contributed by atoms with Gasteiger partial charge in [0.25, 0.3) is 0 Å². The van der Waals surface area contributed by atoms with Crippen LogP contribution in [0.1, 0.15) is 24.1 Å². The van der Waals surface area contributed by atoms with Crippen LogP contribution >= 0.6 is 11.6 Å². The maximum absolute atomic E-state index is 12.5. The largest absolute Gasteiger partial charge is 0.480 e. The molecule has 1 fully saturated rings. The molecule has 0 spiro atoms. The van der Waals surface area contributed by atoms with Crippen molar-refractivity contribution in [2.45, 2.75) is 31.3 Å². The number of nitrogens with one attached hydrogen (secondary N) is 1. The van der Waals surface area contributed by atoms with Gasteiger partial charge in [-0.15, -0.1) is 5.10 Å². The summed E-state index contributed by atoms with van der Waals surface area (Å²) in [5, 5.41) is 19.7. The summed E-state index contributed by atoms with van der Waals surface area (Å²) in [4.78, 5) is 23.1. The minimum absolute atomic E-state index is 0.0763. The Hall–Kier alpha value is -2.41. The Bertz CT molecular complexity index is 755. The monoisotopic (exact) mass is 334 g/mol. The standard InChI is InChI=1S/C15H15ClN4O3/c16-11-3-1-2-10(6-11)15(4-5-15)14(23)17-7-12-8-20(19-18-12)9-13(21)22/h1-3,6,8H,4-5,7,9H2,(H,17,23)(H,21,22). The highest BCUT2D eigenvalue weighted by Crippen LogP contribution is 2.48. The number of rotatable bonds is 6. The predicted octanol–water partition coefficient (Wildman–Crippen LogP) is 1.36. The number of carboxylic acid groups (broad SMARTS) is 1. The topological polar surface area (TPSA) is 97.1 Å². The molecule has 0 aliphatic heterocycles. The van der Waals surface area contributed by atoms with Gasteiger partial charge in [-0.2, -0.15) is 0 Å². The zero-order valence-corrected chi connectivity index (χ0v) is 13.0. The van der Waals surface area contributed by atoms with E-state index in [1.807, 2.05) is 18.2 Å². The van der Waals surface area contributed by atoms with E-state index in [0.29, 0.717) is 10.7 Å². The molecule has 0 saturated heterocycles. The second-order valence-corrected chi connectivity index (χ2v) is 6.01. The van der Waals surface area contributed by atoms with Crippen LogP contribution in [0.2, 0.25) is 5.02 Å². The van der Waals surface area contributed by atoms with Gasteiger partial charge in [-0.3, -0.25) is 9.59 Å². The van der Waals surface area contributed by atoms with Crippen LogP contribution in [0.4, 0.5) is 0 Å². The van der Waals surface area contributed by atoms with Crippen molar-refractivity contribution in [2.75, 3.05) is 0 Å². The van der Waals surface area contributed by atoms with E-state index in [2.05, 4.69) is 15.6 Å². The maximum atomic E-state index is 12.5. The van der Waals surface area contributed by atoms with Crippen LogP contribution in [0.5, 0.6) is 0 Å². The van der Waals surface area contributed by atoms with Crippen molar-refractivity contribution in [1.29, 1.82) is 0 Å². The van der Waals surface area contributed by atoms with Crippen molar-refractivity contribution in [1.82, 2.24) is 20.3 Å². The predicted molar refractivity (Wildman–Crippen MR) is 81.9 cm³/mol. The molecule has 1 saturated carbocycles. The summed E-state index contributed by atoms with van der Waals surface area (Å²) < 4.78 is 1.22. The zero-order chi connectivity index (χ0) is 16.4. The van der Waals surface area contributed by atoms with Gasteiger partial charge in [-0.1, -0.05) is 28.9 Å². The van der Waals surface area contributed by atoms with E-state index in [0.717, 1.165) is 18.4 Å². The third-order valence-corrected chi connectivity index (χ3v) is 4.11. The molecule has 1 aliphatic rings. The Morgan fingerprint density at radius 1 is 1.39 bits per heavy atom. The molecule has 23 heavy (non-hydrogen) atoms. The summed E-state index contributed by atoms with van der Waals surface area (Å²) in [6, 6.07) is 7.33. The number of hydrogen-bond donors (Lipinski definition) is 2. The van der Waals surface area contributed by atoms with Crippen LogP contribution in [0.3, 0.4) is 0 Å².